The fourth-order valence-electron chi connectivity index (χ4n) is 1.94. The van der Waals surface area contributed by atoms with Gasteiger partial charge in [0.1, 0.15) is 0 Å². The maximum absolute atomic E-state index is 8.73. The second-order valence-corrected chi connectivity index (χ2v) is 4.65. The minimum atomic E-state index is 0.274. The van der Waals surface area contributed by atoms with Gasteiger partial charge in [0.25, 0.3) is 0 Å². The molecular formula is C12H25NO3. The van der Waals surface area contributed by atoms with Crippen molar-refractivity contribution in [2.75, 3.05) is 26.4 Å². The lowest BCUT2D eigenvalue weighted by atomic mass is 10.1. The van der Waals surface area contributed by atoms with E-state index in [9.17, 15) is 0 Å². The van der Waals surface area contributed by atoms with E-state index in [1.807, 2.05) is 0 Å². The van der Waals surface area contributed by atoms with Crippen molar-refractivity contribution in [2.24, 2.45) is 0 Å². The van der Waals surface area contributed by atoms with Gasteiger partial charge in [0.05, 0.1) is 19.3 Å². The molecule has 0 aromatic carbocycles. The second kappa shape index (κ2) is 8.01. The normalized spacial score (nSPS) is 24.6. The molecule has 96 valence electrons. The molecule has 1 aliphatic rings. The average Bonchev–Trinajstić information content (AvgIpc) is 2.76. The molecule has 1 heterocycles. The summed E-state index contributed by atoms with van der Waals surface area (Å²) in [4.78, 5) is 0. The number of rotatable bonds is 8. The van der Waals surface area contributed by atoms with E-state index in [1.165, 1.54) is 0 Å². The molecule has 0 aromatic rings. The van der Waals surface area contributed by atoms with Crippen LogP contribution < -0.4 is 5.32 Å². The van der Waals surface area contributed by atoms with E-state index in [2.05, 4.69) is 19.2 Å². The van der Waals surface area contributed by atoms with Crippen LogP contribution in [0.5, 0.6) is 0 Å². The third-order valence-electron chi connectivity index (χ3n) is 2.83. The number of aliphatic hydroxyl groups excluding tert-OH is 1. The number of ether oxygens (including phenoxy) is 2. The van der Waals surface area contributed by atoms with E-state index in [-0.39, 0.29) is 12.7 Å². The fraction of sp³-hybridized carbons (Fsp3) is 1.00. The largest absolute Gasteiger partial charge is 0.396 e. The van der Waals surface area contributed by atoms with Crippen LogP contribution >= 0.6 is 0 Å². The van der Waals surface area contributed by atoms with Crippen molar-refractivity contribution in [1.29, 1.82) is 0 Å². The molecule has 0 spiro atoms. The molecular weight excluding hydrogens is 206 g/mol. The first kappa shape index (κ1) is 13.9. The Balaban J connectivity index is 2.02. The Bertz CT molecular complexity index is 172. The smallest absolute Gasteiger partial charge is 0.0831 e. The Morgan fingerprint density at radius 2 is 2.25 bits per heavy atom. The van der Waals surface area contributed by atoms with Crippen LogP contribution in [0.4, 0.5) is 0 Å². The van der Waals surface area contributed by atoms with Gasteiger partial charge in [-0.2, -0.15) is 0 Å². The summed E-state index contributed by atoms with van der Waals surface area (Å²) in [6, 6.07) is 0.792. The zero-order valence-electron chi connectivity index (χ0n) is 10.4. The zero-order valence-corrected chi connectivity index (χ0v) is 10.4. The van der Waals surface area contributed by atoms with E-state index < -0.39 is 0 Å². The fourth-order valence-corrected chi connectivity index (χ4v) is 1.94. The summed E-state index contributed by atoms with van der Waals surface area (Å²) in [6.07, 6.45) is 3.18. The van der Waals surface area contributed by atoms with Crippen molar-refractivity contribution in [2.45, 2.75) is 51.3 Å². The molecule has 1 aliphatic heterocycles. The number of nitrogens with one attached hydrogen (secondary N) is 1. The topological polar surface area (TPSA) is 50.7 Å². The van der Waals surface area contributed by atoms with Crippen LogP contribution in [0.2, 0.25) is 0 Å². The Labute approximate surface area is 98.3 Å². The molecule has 0 bridgehead atoms. The van der Waals surface area contributed by atoms with Gasteiger partial charge in [-0.1, -0.05) is 0 Å². The lowest BCUT2D eigenvalue weighted by molar-refractivity contribution is 0.0309. The molecule has 2 N–H and O–H groups in total. The molecule has 3 unspecified atom stereocenters. The van der Waals surface area contributed by atoms with E-state index in [4.69, 9.17) is 14.6 Å². The first-order valence-corrected chi connectivity index (χ1v) is 6.28. The van der Waals surface area contributed by atoms with Gasteiger partial charge in [-0.05, 0) is 33.1 Å². The minimum Gasteiger partial charge on any atom is -0.396 e. The quantitative estimate of drug-likeness (QED) is 0.652. The summed E-state index contributed by atoms with van der Waals surface area (Å²) in [5.41, 5.74) is 0. The van der Waals surface area contributed by atoms with Crippen LogP contribution in [0, 0.1) is 0 Å². The van der Waals surface area contributed by atoms with Crippen molar-refractivity contribution >= 4 is 0 Å². The molecule has 4 heteroatoms. The van der Waals surface area contributed by atoms with Gasteiger partial charge in [-0.25, -0.2) is 0 Å². The molecule has 0 saturated carbocycles. The maximum atomic E-state index is 8.73. The van der Waals surface area contributed by atoms with Crippen LogP contribution in [0.25, 0.3) is 0 Å². The van der Waals surface area contributed by atoms with E-state index in [0.717, 1.165) is 39.1 Å². The monoisotopic (exact) mass is 231 g/mol. The van der Waals surface area contributed by atoms with Gasteiger partial charge in [0.15, 0.2) is 0 Å². The van der Waals surface area contributed by atoms with Gasteiger partial charge in [0.2, 0.25) is 0 Å². The van der Waals surface area contributed by atoms with Crippen molar-refractivity contribution in [3.8, 4) is 0 Å². The van der Waals surface area contributed by atoms with Crippen LogP contribution in [0.3, 0.4) is 0 Å². The molecule has 1 rings (SSSR count). The third-order valence-corrected chi connectivity index (χ3v) is 2.83. The molecule has 0 radical (unpaired) electrons. The van der Waals surface area contributed by atoms with Gasteiger partial charge in [0, 0.05) is 25.3 Å². The summed E-state index contributed by atoms with van der Waals surface area (Å²) in [7, 11) is 0. The van der Waals surface area contributed by atoms with E-state index >= 15 is 0 Å². The van der Waals surface area contributed by atoms with Gasteiger partial charge >= 0.3 is 0 Å². The molecule has 0 amide bonds. The van der Waals surface area contributed by atoms with Crippen molar-refractivity contribution in [1.82, 2.24) is 5.32 Å². The number of aliphatic hydroxyl groups is 1. The number of hydrogen-bond donors (Lipinski definition) is 2. The molecule has 16 heavy (non-hydrogen) atoms. The second-order valence-electron chi connectivity index (χ2n) is 4.65. The molecule has 3 atom stereocenters. The highest BCUT2D eigenvalue weighted by atomic mass is 16.5. The highest BCUT2D eigenvalue weighted by Gasteiger charge is 2.17. The van der Waals surface area contributed by atoms with Crippen molar-refractivity contribution < 1.29 is 14.6 Å². The Hall–Kier alpha value is -0.160. The van der Waals surface area contributed by atoms with Gasteiger partial charge in [-0.15, -0.1) is 0 Å². The molecule has 0 aromatic heterocycles. The van der Waals surface area contributed by atoms with Crippen LogP contribution in [0.15, 0.2) is 0 Å². The lowest BCUT2D eigenvalue weighted by Crippen LogP contribution is -2.38. The highest BCUT2D eigenvalue weighted by molar-refractivity contribution is 4.69. The standard InChI is InChI=1S/C12H25NO3/c1-10(4-3-6-14)13-11(2)8-16-12-5-7-15-9-12/h10-14H,3-9H2,1-2H3. The average molecular weight is 231 g/mol. The predicted octanol–water partition coefficient (Wildman–Crippen LogP) is 0.931. The molecule has 1 fully saturated rings. The Morgan fingerprint density at radius 1 is 1.44 bits per heavy atom. The van der Waals surface area contributed by atoms with Crippen molar-refractivity contribution in [3.63, 3.8) is 0 Å². The summed E-state index contributed by atoms with van der Waals surface area (Å²) >= 11 is 0. The Kier molecular flexibility index (Phi) is 6.96. The highest BCUT2D eigenvalue weighted by Crippen LogP contribution is 2.08. The summed E-state index contributed by atoms with van der Waals surface area (Å²) in [5.74, 6) is 0. The van der Waals surface area contributed by atoms with Crippen LogP contribution in [-0.4, -0.2) is 49.7 Å². The first-order chi connectivity index (χ1) is 7.72. The molecule has 0 aliphatic carbocycles. The van der Waals surface area contributed by atoms with E-state index in [1.54, 1.807) is 0 Å². The van der Waals surface area contributed by atoms with Crippen LogP contribution in [0.1, 0.15) is 33.1 Å². The van der Waals surface area contributed by atoms with Gasteiger partial charge < -0.3 is 19.9 Å². The third kappa shape index (κ3) is 5.80. The predicted molar refractivity (Wildman–Crippen MR) is 63.6 cm³/mol. The van der Waals surface area contributed by atoms with Crippen molar-refractivity contribution in [3.05, 3.63) is 0 Å². The summed E-state index contributed by atoms with van der Waals surface area (Å²) in [6.45, 7) is 6.86. The van der Waals surface area contributed by atoms with Gasteiger partial charge in [-0.3, -0.25) is 0 Å². The Morgan fingerprint density at radius 3 is 2.88 bits per heavy atom. The maximum Gasteiger partial charge on any atom is 0.0831 e. The SMILES string of the molecule is CC(CCCO)NC(C)COC1CCOC1. The lowest BCUT2D eigenvalue weighted by Gasteiger charge is -2.21. The van der Waals surface area contributed by atoms with Crippen LogP contribution in [-0.2, 0) is 9.47 Å². The summed E-state index contributed by atoms with van der Waals surface area (Å²) < 4.78 is 11.0. The molecule has 1 saturated heterocycles. The number of hydrogen-bond acceptors (Lipinski definition) is 4. The zero-order chi connectivity index (χ0) is 11.8. The first-order valence-electron chi connectivity index (χ1n) is 6.28. The molecule has 4 nitrogen and oxygen atoms in total. The minimum absolute atomic E-state index is 0.274. The van der Waals surface area contributed by atoms with E-state index in [0.29, 0.717) is 12.1 Å². The summed E-state index contributed by atoms with van der Waals surface area (Å²) in [5, 5.41) is 12.2.